The molecule has 1 heterocycles. The molecule has 11 heteroatoms. The maximum atomic E-state index is 13.1. The van der Waals surface area contributed by atoms with Crippen LogP contribution in [0.2, 0.25) is 0 Å². The molecule has 1 atom stereocenters. The lowest BCUT2D eigenvalue weighted by molar-refractivity contribution is -0.856. The van der Waals surface area contributed by atoms with Crippen molar-refractivity contribution in [1.82, 2.24) is 14.9 Å². The molecule has 1 aromatic carbocycles. The molecule has 2 amide bonds. The highest BCUT2D eigenvalue weighted by atomic mass is 32.2. The maximum Gasteiger partial charge on any atom is 0.309 e. The fourth-order valence-electron chi connectivity index (χ4n) is 2.61. The highest BCUT2D eigenvalue weighted by Gasteiger charge is 2.34. The Balaban J connectivity index is 1.98. The zero-order valence-electron chi connectivity index (χ0n) is 15.9. The molecule has 1 aromatic rings. The average molecular weight is 417 g/mol. The minimum atomic E-state index is -3.93. The van der Waals surface area contributed by atoms with Crippen molar-refractivity contribution in [2.24, 2.45) is 0 Å². The summed E-state index contributed by atoms with van der Waals surface area (Å²) >= 11 is 0. The highest BCUT2D eigenvalue weighted by Crippen LogP contribution is 2.22. The number of benzene rings is 1. The summed E-state index contributed by atoms with van der Waals surface area (Å²) in [5.74, 6) is -2.19. The van der Waals surface area contributed by atoms with Gasteiger partial charge in [0.2, 0.25) is 10.0 Å². The third kappa shape index (κ3) is 5.96. The molecule has 3 N–H and O–H groups in total. The first-order valence-corrected chi connectivity index (χ1v) is 10.4. The van der Waals surface area contributed by atoms with Gasteiger partial charge in [0.1, 0.15) is 12.0 Å². The topological polar surface area (TPSA) is 109 Å². The van der Waals surface area contributed by atoms with Gasteiger partial charge >= 0.3 is 11.8 Å². The second-order valence-corrected chi connectivity index (χ2v) is 8.56. The lowest BCUT2D eigenvalue weighted by Crippen LogP contribution is -3.06. The summed E-state index contributed by atoms with van der Waals surface area (Å²) in [5, 5.41) is 4.90. The molecule has 28 heavy (non-hydrogen) atoms. The predicted octanol–water partition coefficient (Wildman–Crippen LogP) is -2.06. The summed E-state index contributed by atoms with van der Waals surface area (Å²) in [6, 6.07) is 4.48. The van der Waals surface area contributed by atoms with E-state index in [1.54, 1.807) is 0 Å². The smallest absolute Gasteiger partial charge is 0.309 e. The Morgan fingerprint density at radius 3 is 2.50 bits per heavy atom. The van der Waals surface area contributed by atoms with Crippen molar-refractivity contribution in [2.75, 3.05) is 46.9 Å². The fraction of sp³-hybridized carbons (Fsp3) is 0.529. The first kappa shape index (κ1) is 22.2. The molecule has 0 bridgehead atoms. The minimum Gasteiger partial charge on any atom is -0.360 e. The van der Waals surface area contributed by atoms with Crippen LogP contribution in [-0.4, -0.2) is 77.6 Å². The van der Waals surface area contributed by atoms with Gasteiger partial charge in [-0.1, -0.05) is 0 Å². The first-order chi connectivity index (χ1) is 13.2. The molecule has 1 fully saturated rings. The predicted molar refractivity (Wildman–Crippen MR) is 98.3 cm³/mol. The summed E-state index contributed by atoms with van der Waals surface area (Å²) in [6.07, 6.45) is -0.468. The van der Waals surface area contributed by atoms with E-state index in [1.807, 2.05) is 14.1 Å². The van der Waals surface area contributed by atoms with Crippen LogP contribution in [0, 0.1) is 5.82 Å². The summed E-state index contributed by atoms with van der Waals surface area (Å²) in [7, 11) is -0.0939. The van der Waals surface area contributed by atoms with Gasteiger partial charge < -0.3 is 20.3 Å². The number of amides is 2. The Bertz CT molecular complexity index is 785. The van der Waals surface area contributed by atoms with Crippen LogP contribution in [0.15, 0.2) is 29.2 Å². The zero-order valence-corrected chi connectivity index (χ0v) is 16.7. The molecule has 0 saturated carbocycles. The second-order valence-electron chi connectivity index (χ2n) is 6.67. The number of nitrogens with zero attached hydrogens (tertiary/aromatic N) is 1. The third-order valence-corrected chi connectivity index (χ3v) is 6.03. The number of carbonyl (C=O) groups is 2. The number of hydrogen-bond donors (Lipinski definition) is 3. The lowest BCUT2D eigenvalue weighted by atomic mass is 10.3. The Morgan fingerprint density at radius 1 is 1.21 bits per heavy atom. The van der Waals surface area contributed by atoms with E-state index < -0.39 is 33.9 Å². The number of quaternary nitrogens is 1. The third-order valence-electron chi connectivity index (χ3n) is 4.13. The molecular formula is C17H26FN4O5S+. The van der Waals surface area contributed by atoms with E-state index in [4.69, 9.17) is 4.74 Å². The average Bonchev–Trinajstić information content (AvgIpc) is 2.66. The van der Waals surface area contributed by atoms with Crippen molar-refractivity contribution in [3.8, 4) is 0 Å². The molecule has 9 nitrogen and oxygen atoms in total. The summed E-state index contributed by atoms with van der Waals surface area (Å²) < 4.78 is 45.3. The number of hydrogen-bond acceptors (Lipinski definition) is 5. The van der Waals surface area contributed by atoms with Crippen LogP contribution in [0.4, 0.5) is 4.39 Å². The van der Waals surface area contributed by atoms with Gasteiger partial charge in [-0.05, 0) is 30.7 Å². The SMILES string of the molecule is C[NH+](C)CCNC(=O)C(=O)NC[C@@H]1OCCCN1S(=O)(=O)c1ccc(F)cc1. The van der Waals surface area contributed by atoms with Crippen LogP contribution in [-0.2, 0) is 24.3 Å². The van der Waals surface area contributed by atoms with E-state index in [9.17, 15) is 22.4 Å². The monoisotopic (exact) mass is 417 g/mol. The number of ether oxygens (including phenoxy) is 1. The van der Waals surface area contributed by atoms with E-state index in [1.165, 1.54) is 12.1 Å². The number of sulfonamides is 1. The molecule has 0 radical (unpaired) electrons. The van der Waals surface area contributed by atoms with Crippen LogP contribution in [0.25, 0.3) is 0 Å². The van der Waals surface area contributed by atoms with Crippen molar-refractivity contribution in [3.05, 3.63) is 30.1 Å². The largest absolute Gasteiger partial charge is 0.360 e. The van der Waals surface area contributed by atoms with Gasteiger partial charge in [0.05, 0.1) is 45.2 Å². The number of likely N-dealkylation sites (N-methyl/N-ethyl adjacent to an activating group) is 1. The van der Waals surface area contributed by atoms with Crippen molar-refractivity contribution in [3.63, 3.8) is 0 Å². The van der Waals surface area contributed by atoms with E-state index in [0.717, 1.165) is 21.3 Å². The van der Waals surface area contributed by atoms with Gasteiger partial charge in [0, 0.05) is 6.54 Å². The summed E-state index contributed by atoms with van der Waals surface area (Å²) in [4.78, 5) is 24.8. The number of halogens is 1. The van der Waals surface area contributed by atoms with Crippen molar-refractivity contribution in [2.45, 2.75) is 17.5 Å². The number of rotatable bonds is 7. The van der Waals surface area contributed by atoms with Crippen molar-refractivity contribution < 1.29 is 32.0 Å². The summed E-state index contributed by atoms with van der Waals surface area (Å²) in [6.45, 7) is 1.35. The first-order valence-electron chi connectivity index (χ1n) is 8.96. The van der Waals surface area contributed by atoms with Gasteiger partial charge in [0.15, 0.2) is 0 Å². The zero-order chi connectivity index (χ0) is 20.7. The van der Waals surface area contributed by atoms with Crippen LogP contribution in [0.3, 0.4) is 0 Å². The lowest BCUT2D eigenvalue weighted by Gasteiger charge is -2.34. The van der Waals surface area contributed by atoms with Crippen LogP contribution in [0.5, 0.6) is 0 Å². The van der Waals surface area contributed by atoms with Gasteiger partial charge in [-0.15, -0.1) is 0 Å². The van der Waals surface area contributed by atoms with Gasteiger partial charge in [-0.2, -0.15) is 4.31 Å². The molecule has 1 aliphatic heterocycles. The summed E-state index contributed by atoms with van der Waals surface area (Å²) in [5.41, 5.74) is 0. The molecule has 0 aliphatic carbocycles. The van der Waals surface area contributed by atoms with Crippen molar-refractivity contribution >= 4 is 21.8 Å². The maximum absolute atomic E-state index is 13.1. The Hall–Kier alpha value is -2.08. The van der Waals surface area contributed by atoms with Gasteiger partial charge in [-0.3, -0.25) is 9.59 Å². The normalized spacial score (nSPS) is 18.1. The molecule has 2 rings (SSSR count). The van der Waals surface area contributed by atoms with Crippen molar-refractivity contribution in [1.29, 1.82) is 0 Å². The fourth-order valence-corrected chi connectivity index (χ4v) is 4.18. The van der Waals surface area contributed by atoms with Crippen LogP contribution in [0.1, 0.15) is 6.42 Å². The van der Waals surface area contributed by atoms with E-state index in [0.29, 0.717) is 26.1 Å². The number of carbonyl (C=O) groups excluding carboxylic acids is 2. The molecule has 1 saturated heterocycles. The second kappa shape index (κ2) is 9.92. The quantitative estimate of drug-likeness (QED) is 0.442. The van der Waals surface area contributed by atoms with E-state index in [-0.39, 0.29) is 18.0 Å². The molecule has 0 aromatic heterocycles. The van der Waals surface area contributed by atoms with Gasteiger partial charge in [-0.25, -0.2) is 12.8 Å². The highest BCUT2D eigenvalue weighted by molar-refractivity contribution is 7.89. The minimum absolute atomic E-state index is 0.0698. The van der Waals surface area contributed by atoms with Gasteiger partial charge in [0.25, 0.3) is 0 Å². The van der Waals surface area contributed by atoms with E-state index >= 15 is 0 Å². The molecule has 1 aliphatic rings. The van der Waals surface area contributed by atoms with E-state index in [2.05, 4.69) is 10.6 Å². The Morgan fingerprint density at radius 2 is 1.86 bits per heavy atom. The number of nitrogens with one attached hydrogen (secondary N) is 3. The van der Waals surface area contributed by atoms with Crippen LogP contribution < -0.4 is 15.5 Å². The van der Waals surface area contributed by atoms with Crippen LogP contribution >= 0.6 is 0 Å². The Kier molecular flexibility index (Phi) is 7.87. The molecule has 0 spiro atoms. The standard InChI is InChI=1S/C17H25FN4O5S/c1-21(2)10-8-19-16(23)17(24)20-12-15-22(9-3-11-27-15)28(25,26)14-6-4-13(18)5-7-14/h4-7,15H,3,8-12H2,1-2H3,(H,19,23)(H,20,24)/p+1/t15-/m0/s1. The Labute approximate surface area is 163 Å². The molecule has 0 unspecified atom stereocenters. The molecule has 156 valence electrons. The molecular weight excluding hydrogens is 391 g/mol.